The molecule has 0 fully saturated rings. The molecule has 0 bridgehead atoms. The lowest BCUT2D eigenvalue weighted by atomic mass is 10.2. The summed E-state index contributed by atoms with van der Waals surface area (Å²) < 4.78 is 26.6. The number of hydrogen-bond acceptors (Lipinski definition) is 5. The second kappa shape index (κ2) is 8.26. The van der Waals surface area contributed by atoms with Crippen LogP contribution in [0.4, 0.5) is 11.4 Å². The molecule has 2 aromatic rings. The monoisotopic (exact) mass is 397 g/mol. The van der Waals surface area contributed by atoms with E-state index in [9.17, 15) is 23.3 Å². The van der Waals surface area contributed by atoms with E-state index in [1.165, 1.54) is 36.4 Å². The van der Waals surface area contributed by atoms with Crippen molar-refractivity contribution in [3.8, 4) is 0 Å². The Morgan fingerprint density at radius 2 is 1.96 bits per heavy atom. The highest BCUT2D eigenvalue weighted by Crippen LogP contribution is 2.22. The molecule has 0 atom stereocenters. The summed E-state index contributed by atoms with van der Waals surface area (Å²) in [7, 11) is -3.78. The molecule has 8 nitrogen and oxygen atoms in total. The van der Waals surface area contributed by atoms with E-state index in [2.05, 4.69) is 10.0 Å². The Balaban J connectivity index is 1.95. The lowest BCUT2D eigenvalue weighted by Crippen LogP contribution is -2.28. The van der Waals surface area contributed by atoms with Gasteiger partial charge in [0, 0.05) is 30.1 Å². The quantitative estimate of drug-likeness (QED) is 0.550. The Morgan fingerprint density at radius 3 is 2.62 bits per heavy atom. The number of non-ortho nitro benzene ring substituents is 1. The van der Waals surface area contributed by atoms with Crippen LogP contribution in [-0.4, -0.2) is 25.8 Å². The molecular formula is C16H16ClN3O5S. The van der Waals surface area contributed by atoms with Crippen LogP contribution in [0.25, 0.3) is 0 Å². The van der Waals surface area contributed by atoms with Crippen molar-refractivity contribution >= 4 is 38.9 Å². The van der Waals surface area contributed by atoms with Crippen molar-refractivity contribution in [2.24, 2.45) is 0 Å². The van der Waals surface area contributed by atoms with Crippen molar-refractivity contribution < 1.29 is 18.1 Å². The summed E-state index contributed by atoms with van der Waals surface area (Å²) in [6.45, 7) is 1.57. The van der Waals surface area contributed by atoms with Gasteiger partial charge in [0.25, 0.3) is 5.69 Å². The lowest BCUT2D eigenvalue weighted by molar-refractivity contribution is -0.384. The van der Waals surface area contributed by atoms with Gasteiger partial charge in [-0.3, -0.25) is 14.9 Å². The minimum Gasteiger partial charge on any atom is -0.326 e. The molecule has 0 radical (unpaired) electrons. The van der Waals surface area contributed by atoms with Gasteiger partial charge >= 0.3 is 0 Å². The standard InChI is InChI=1S/C16H16ClN3O5S/c1-11-5-6-13(20(22)23)10-15(11)19-16(21)7-8-18-26(24,25)14-4-2-3-12(17)9-14/h2-6,9-10,18H,7-8H2,1H3,(H,19,21). The average Bonchev–Trinajstić information content (AvgIpc) is 2.56. The molecule has 0 aliphatic carbocycles. The Hall–Kier alpha value is -2.49. The minimum atomic E-state index is -3.78. The number of benzene rings is 2. The minimum absolute atomic E-state index is 0.0000585. The van der Waals surface area contributed by atoms with E-state index < -0.39 is 20.9 Å². The summed E-state index contributed by atoms with van der Waals surface area (Å²) in [5.74, 6) is -0.470. The number of anilines is 1. The molecule has 26 heavy (non-hydrogen) atoms. The van der Waals surface area contributed by atoms with Gasteiger partial charge in [0.15, 0.2) is 0 Å². The number of nitrogens with zero attached hydrogens (tertiary/aromatic N) is 1. The van der Waals surface area contributed by atoms with E-state index >= 15 is 0 Å². The molecule has 0 aliphatic rings. The van der Waals surface area contributed by atoms with Crippen LogP contribution in [-0.2, 0) is 14.8 Å². The highest BCUT2D eigenvalue weighted by atomic mass is 35.5. The number of nitro benzene ring substituents is 1. The van der Waals surface area contributed by atoms with E-state index in [1.807, 2.05) is 0 Å². The van der Waals surface area contributed by atoms with Gasteiger partial charge in [-0.15, -0.1) is 0 Å². The Labute approximate surface area is 155 Å². The number of rotatable bonds is 7. The number of sulfonamides is 1. The van der Waals surface area contributed by atoms with Crippen molar-refractivity contribution in [1.29, 1.82) is 0 Å². The number of nitrogens with one attached hydrogen (secondary N) is 2. The molecular weight excluding hydrogens is 382 g/mol. The third-order valence-electron chi connectivity index (χ3n) is 3.46. The van der Waals surface area contributed by atoms with Gasteiger partial charge in [-0.25, -0.2) is 13.1 Å². The molecule has 0 heterocycles. The lowest BCUT2D eigenvalue weighted by Gasteiger charge is -2.09. The maximum absolute atomic E-state index is 12.1. The summed E-state index contributed by atoms with van der Waals surface area (Å²) in [5.41, 5.74) is 0.818. The van der Waals surface area contributed by atoms with Crippen molar-refractivity contribution in [3.63, 3.8) is 0 Å². The molecule has 1 amide bonds. The van der Waals surface area contributed by atoms with Gasteiger partial charge in [-0.05, 0) is 30.7 Å². The summed E-state index contributed by atoms with van der Waals surface area (Å²) in [6, 6.07) is 9.87. The molecule has 0 unspecified atom stereocenters. The normalized spacial score (nSPS) is 11.2. The zero-order chi connectivity index (χ0) is 19.3. The highest BCUT2D eigenvalue weighted by molar-refractivity contribution is 7.89. The fraction of sp³-hybridized carbons (Fsp3) is 0.188. The van der Waals surface area contributed by atoms with Crippen LogP contribution in [0.5, 0.6) is 0 Å². The maximum atomic E-state index is 12.1. The number of carbonyl (C=O) groups excluding carboxylic acids is 1. The second-order valence-corrected chi connectivity index (χ2v) is 7.61. The summed E-state index contributed by atoms with van der Waals surface area (Å²) >= 11 is 5.77. The number of carbonyl (C=O) groups is 1. The van der Waals surface area contributed by atoms with Gasteiger partial charge < -0.3 is 5.32 Å². The SMILES string of the molecule is Cc1ccc([N+](=O)[O-])cc1NC(=O)CCNS(=O)(=O)c1cccc(Cl)c1. The predicted molar refractivity (Wildman–Crippen MR) is 97.7 cm³/mol. The van der Waals surface area contributed by atoms with Gasteiger partial charge in [0.1, 0.15) is 0 Å². The fourth-order valence-corrected chi connectivity index (χ4v) is 3.42. The smallest absolute Gasteiger partial charge is 0.271 e. The van der Waals surface area contributed by atoms with Crippen LogP contribution in [0, 0.1) is 17.0 Å². The number of halogens is 1. The van der Waals surface area contributed by atoms with Crippen LogP contribution in [0.3, 0.4) is 0 Å². The van der Waals surface area contributed by atoms with Crippen molar-refractivity contribution in [3.05, 3.63) is 63.2 Å². The van der Waals surface area contributed by atoms with Crippen molar-refractivity contribution in [2.75, 3.05) is 11.9 Å². The number of aryl methyl sites for hydroxylation is 1. The van der Waals surface area contributed by atoms with Crippen LogP contribution in [0.15, 0.2) is 47.4 Å². The van der Waals surface area contributed by atoms with Gasteiger partial charge in [0.2, 0.25) is 15.9 Å². The molecule has 2 rings (SSSR count). The molecule has 0 spiro atoms. The Bertz CT molecular complexity index is 947. The van der Waals surface area contributed by atoms with Crippen LogP contribution >= 0.6 is 11.6 Å². The topological polar surface area (TPSA) is 118 Å². The average molecular weight is 398 g/mol. The molecule has 0 aromatic heterocycles. The first-order valence-electron chi connectivity index (χ1n) is 7.49. The molecule has 0 aliphatic heterocycles. The summed E-state index contributed by atoms with van der Waals surface area (Å²) in [4.78, 5) is 22.2. The van der Waals surface area contributed by atoms with E-state index in [1.54, 1.807) is 13.0 Å². The largest absolute Gasteiger partial charge is 0.326 e. The number of nitro groups is 1. The van der Waals surface area contributed by atoms with Gasteiger partial charge in [-0.2, -0.15) is 0 Å². The van der Waals surface area contributed by atoms with Crippen LogP contribution in [0.1, 0.15) is 12.0 Å². The van der Waals surface area contributed by atoms with Crippen LogP contribution in [0.2, 0.25) is 5.02 Å². The Morgan fingerprint density at radius 1 is 1.23 bits per heavy atom. The van der Waals surface area contributed by atoms with Crippen LogP contribution < -0.4 is 10.0 Å². The number of amides is 1. The first-order chi connectivity index (χ1) is 12.2. The first kappa shape index (κ1) is 19.8. The summed E-state index contributed by atoms with van der Waals surface area (Å²) in [6.07, 6.45) is -0.137. The number of hydrogen-bond donors (Lipinski definition) is 2. The first-order valence-corrected chi connectivity index (χ1v) is 9.35. The molecule has 138 valence electrons. The zero-order valence-electron chi connectivity index (χ0n) is 13.7. The van der Waals surface area contributed by atoms with Gasteiger partial charge in [0.05, 0.1) is 15.5 Å². The van der Waals surface area contributed by atoms with E-state index in [-0.39, 0.29) is 28.6 Å². The maximum Gasteiger partial charge on any atom is 0.271 e. The predicted octanol–water partition coefficient (Wildman–Crippen LogP) is 2.86. The highest BCUT2D eigenvalue weighted by Gasteiger charge is 2.15. The third-order valence-corrected chi connectivity index (χ3v) is 5.15. The fourth-order valence-electron chi connectivity index (χ4n) is 2.09. The van der Waals surface area contributed by atoms with Crippen molar-refractivity contribution in [1.82, 2.24) is 4.72 Å². The molecule has 2 N–H and O–H groups in total. The molecule has 10 heteroatoms. The van der Waals surface area contributed by atoms with Crippen molar-refractivity contribution in [2.45, 2.75) is 18.2 Å². The molecule has 2 aromatic carbocycles. The van der Waals surface area contributed by atoms with E-state index in [0.29, 0.717) is 11.3 Å². The van der Waals surface area contributed by atoms with E-state index in [4.69, 9.17) is 11.6 Å². The third kappa shape index (κ3) is 5.25. The van der Waals surface area contributed by atoms with Gasteiger partial charge in [-0.1, -0.05) is 23.7 Å². The second-order valence-electron chi connectivity index (χ2n) is 5.41. The van der Waals surface area contributed by atoms with E-state index in [0.717, 1.165) is 0 Å². The zero-order valence-corrected chi connectivity index (χ0v) is 15.3. The summed E-state index contributed by atoms with van der Waals surface area (Å²) in [5, 5.41) is 13.6. The molecule has 0 saturated heterocycles. The molecule has 0 saturated carbocycles. The Kier molecular flexibility index (Phi) is 6.30.